The molecular weight excluding hydrogens is 421 g/mol. The van der Waals surface area contributed by atoms with Crippen LogP contribution in [-0.4, -0.2) is 47.0 Å². The van der Waals surface area contributed by atoms with Gasteiger partial charge in [0.25, 0.3) is 0 Å². The van der Waals surface area contributed by atoms with Crippen LogP contribution in [0, 0.1) is 5.82 Å². The fraction of sp³-hybridized carbons (Fsp3) is 0.238. The van der Waals surface area contributed by atoms with Crippen LogP contribution in [0.3, 0.4) is 0 Å². The van der Waals surface area contributed by atoms with Crippen molar-refractivity contribution in [1.82, 2.24) is 15.0 Å². The molecule has 10 heteroatoms. The Morgan fingerprint density at radius 2 is 1.81 bits per heavy atom. The lowest BCUT2D eigenvalue weighted by Crippen LogP contribution is -2.37. The first-order valence-electron chi connectivity index (χ1n) is 9.74. The predicted molar refractivity (Wildman–Crippen MR) is 120 cm³/mol. The van der Waals surface area contributed by atoms with Crippen molar-refractivity contribution in [2.45, 2.75) is 6.92 Å². The minimum absolute atomic E-state index is 0.280. The zero-order chi connectivity index (χ0) is 21.6. The van der Waals surface area contributed by atoms with Gasteiger partial charge in [-0.15, -0.1) is 0 Å². The van der Waals surface area contributed by atoms with E-state index in [0.29, 0.717) is 48.9 Å². The Morgan fingerprint density at radius 1 is 1.06 bits per heavy atom. The molecule has 1 aliphatic rings. The first kappa shape index (κ1) is 21.0. The lowest BCUT2D eigenvalue weighted by molar-refractivity contribution is 0.122. The maximum absolute atomic E-state index is 13.2. The lowest BCUT2D eigenvalue weighted by Gasteiger charge is -2.27. The maximum atomic E-state index is 13.2. The molecule has 160 valence electrons. The zero-order valence-corrected chi connectivity index (χ0v) is 17.6. The number of rotatable bonds is 6. The van der Waals surface area contributed by atoms with Gasteiger partial charge in [-0.05, 0) is 42.8 Å². The second-order valence-electron chi connectivity index (χ2n) is 6.83. The molecule has 0 amide bonds. The summed E-state index contributed by atoms with van der Waals surface area (Å²) >= 11 is 6.08. The summed E-state index contributed by atoms with van der Waals surface area (Å²) in [6, 6.07) is 13.4. The van der Waals surface area contributed by atoms with E-state index >= 15 is 0 Å². The van der Waals surface area contributed by atoms with E-state index in [0.717, 1.165) is 11.3 Å². The molecule has 8 nitrogen and oxygen atoms in total. The van der Waals surface area contributed by atoms with Gasteiger partial charge in [-0.25, -0.2) is 9.82 Å². The molecule has 3 aromatic rings. The quantitative estimate of drug-likeness (QED) is 0.440. The van der Waals surface area contributed by atoms with Gasteiger partial charge in [-0.1, -0.05) is 29.8 Å². The smallest absolute Gasteiger partial charge is 0.250 e. The van der Waals surface area contributed by atoms with Crippen LogP contribution in [0.25, 0.3) is 0 Å². The van der Waals surface area contributed by atoms with Crippen LogP contribution in [0.1, 0.15) is 12.5 Å². The first-order chi connectivity index (χ1) is 15.1. The fourth-order valence-electron chi connectivity index (χ4n) is 2.96. The van der Waals surface area contributed by atoms with Crippen molar-refractivity contribution in [1.29, 1.82) is 0 Å². The third-order valence-electron chi connectivity index (χ3n) is 4.58. The van der Waals surface area contributed by atoms with E-state index < -0.39 is 0 Å². The van der Waals surface area contributed by atoms with Crippen molar-refractivity contribution in [2.24, 2.45) is 5.10 Å². The van der Waals surface area contributed by atoms with Crippen molar-refractivity contribution in [3.63, 3.8) is 0 Å². The highest BCUT2D eigenvalue weighted by molar-refractivity contribution is 6.30. The molecule has 0 saturated carbocycles. The van der Waals surface area contributed by atoms with Gasteiger partial charge in [-0.3, -0.25) is 0 Å². The Bertz CT molecular complexity index is 1070. The predicted octanol–water partition coefficient (Wildman–Crippen LogP) is 4.08. The SMILES string of the molecule is C/C(=N/Nc1nc(Nc2cccc(Cl)c2)nc(N2CCOCC2)n1)c1ccc(F)cc1. The van der Waals surface area contributed by atoms with Crippen molar-refractivity contribution in [3.05, 3.63) is 64.9 Å². The largest absolute Gasteiger partial charge is 0.378 e. The van der Waals surface area contributed by atoms with Gasteiger partial charge in [0, 0.05) is 23.8 Å². The standard InChI is InChI=1S/C21H21ClFN7O/c1-14(15-5-7-17(23)8-6-15)28-29-20-25-19(24-18-4-2-3-16(22)13-18)26-21(27-20)30-9-11-31-12-10-30/h2-8,13H,9-12H2,1H3,(H2,24,25,26,27,29)/b28-14-. The van der Waals surface area contributed by atoms with Crippen LogP contribution in [0.5, 0.6) is 0 Å². The highest BCUT2D eigenvalue weighted by Crippen LogP contribution is 2.21. The first-order valence-corrected chi connectivity index (χ1v) is 10.1. The molecule has 0 aliphatic carbocycles. The lowest BCUT2D eigenvalue weighted by atomic mass is 10.1. The van der Waals surface area contributed by atoms with Crippen LogP contribution >= 0.6 is 11.6 Å². The van der Waals surface area contributed by atoms with Crippen LogP contribution in [0.15, 0.2) is 53.6 Å². The van der Waals surface area contributed by atoms with Gasteiger partial charge in [-0.2, -0.15) is 20.1 Å². The minimum atomic E-state index is -0.297. The Kier molecular flexibility index (Phi) is 6.54. The third-order valence-corrected chi connectivity index (χ3v) is 4.82. The molecule has 0 unspecified atom stereocenters. The average Bonchev–Trinajstić information content (AvgIpc) is 2.78. The van der Waals surface area contributed by atoms with Gasteiger partial charge in [0.15, 0.2) is 0 Å². The van der Waals surface area contributed by atoms with Crippen molar-refractivity contribution >= 4 is 40.8 Å². The Morgan fingerprint density at radius 3 is 2.55 bits per heavy atom. The number of halogens is 2. The van der Waals surface area contributed by atoms with Gasteiger partial charge in [0.05, 0.1) is 18.9 Å². The molecule has 1 saturated heterocycles. The fourth-order valence-corrected chi connectivity index (χ4v) is 3.15. The van der Waals surface area contributed by atoms with E-state index in [1.807, 2.05) is 24.0 Å². The van der Waals surface area contributed by atoms with Crippen LogP contribution in [0.4, 0.5) is 27.9 Å². The van der Waals surface area contributed by atoms with Gasteiger partial charge < -0.3 is 15.0 Å². The number of nitrogens with one attached hydrogen (secondary N) is 2. The van der Waals surface area contributed by atoms with E-state index in [1.54, 1.807) is 24.3 Å². The van der Waals surface area contributed by atoms with Crippen LogP contribution in [-0.2, 0) is 4.74 Å². The summed E-state index contributed by atoms with van der Waals surface area (Å²) in [7, 11) is 0. The second-order valence-corrected chi connectivity index (χ2v) is 7.27. The third kappa shape index (κ3) is 5.65. The van der Waals surface area contributed by atoms with Crippen molar-refractivity contribution < 1.29 is 9.13 Å². The number of hydrogen-bond acceptors (Lipinski definition) is 8. The number of morpholine rings is 1. The summed E-state index contributed by atoms with van der Waals surface area (Å²) in [6.07, 6.45) is 0. The molecule has 1 aliphatic heterocycles. The van der Waals surface area contributed by atoms with E-state index in [-0.39, 0.29) is 11.8 Å². The Hall–Kier alpha value is -3.30. The number of benzene rings is 2. The van der Waals surface area contributed by atoms with Crippen molar-refractivity contribution in [3.8, 4) is 0 Å². The average molecular weight is 442 g/mol. The van der Waals surface area contributed by atoms with Crippen molar-refractivity contribution in [2.75, 3.05) is 41.9 Å². The molecule has 2 heterocycles. The zero-order valence-electron chi connectivity index (χ0n) is 16.8. The highest BCUT2D eigenvalue weighted by atomic mass is 35.5. The number of hydrogen-bond donors (Lipinski definition) is 2. The highest BCUT2D eigenvalue weighted by Gasteiger charge is 2.17. The normalized spacial score (nSPS) is 14.4. The number of nitrogens with zero attached hydrogens (tertiary/aromatic N) is 5. The second kappa shape index (κ2) is 9.67. The molecular formula is C21H21ClFN7O. The Labute approximate surface area is 184 Å². The topological polar surface area (TPSA) is 87.6 Å². The molecule has 1 fully saturated rings. The number of hydrazone groups is 1. The maximum Gasteiger partial charge on any atom is 0.250 e. The molecule has 0 spiro atoms. The Balaban J connectivity index is 1.60. The number of anilines is 4. The summed E-state index contributed by atoms with van der Waals surface area (Å²) in [5.41, 5.74) is 5.09. The summed E-state index contributed by atoms with van der Waals surface area (Å²) in [5.74, 6) is 0.854. The monoisotopic (exact) mass is 441 g/mol. The van der Waals surface area contributed by atoms with Gasteiger partial charge in [0.1, 0.15) is 5.82 Å². The summed E-state index contributed by atoms with van der Waals surface area (Å²) in [4.78, 5) is 15.5. The van der Waals surface area contributed by atoms with Gasteiger partial charge in [0.2, 0.25) is 17.8 Å². The van der Waals surface area contributed by atoms with Crippen LogP contribution < -0.4 is 15.6 Å². The van der Waals surface area contributed by atoms with Gasteiger partial charge >= 0.3 is 0 Å². The molecule has 2 N–H and O–H groups in total. The van der Waals surface area contributed by atoms with E-state index in [4.69, 9.17) is 16.3 Å². The minimum Gasteiger partial charge on any atom is -0.378 e. The molecule has 0 bridgehead atoms. The van der Waals surface area contributed by atoms with E-state index in [2.05, 4.69) is 30.8 Å². The summed E-state index contributed by atoms with van der Waals surface area (Å²) < 4.78 is 18.6. The molecule has 4 rings (SSSR count). The van der Waals surface area contributed by atoms with E-state index in [1.165, 1.54) is 12.1 Å². The number of ether oxygens (including phenoxy) is 1. The number of aromatic nitrogens is 3. The summed E-state index contributed by atoms with van der Waals surface area (Å²) in [6.45, 7) is 4.38. The molecule has 2 aromatic carbocycles. The molecule has 0 radical (unpaired) electrons. The molecule has 1 aromatic heterocycles. The van der Waals surface area contributed by atoms with Crippen LogP contribution in [0.2, 0.25) is 5.02 Å². The molecule has 31 heavy (non-hydrogen) atoms. The molecule has 0 atom stereocenters. The van der Waals surface area contributed by atoms with E-state index in [9.17, 15) is 4.39 Å². The summed E-state index contributed by atoms with van der Waals surface area (Å²) in [5, 5.41) is 8.10.